The summed E-state index contributed by atoms with van der Waals surface area (Å²) in [5, 5.41) is 15.7. The van der Waals surface area contributed by atoms with Crippen LogP contribution in [0.5, 0.6) is 0 Å². The van der Waals surface area contributed by atoms with E-state index in [9.17, 15) is 4.79 Å². The topological polar surface area (TPSA) is 79.8 Å². The number of imidazole rings is 1. The van der Waals surface area contributed by atoms with Gasteiger partial charge >= 0.3 is 0 Å². The zero-order valence-electron chi connectivity index (χ0n) is 21.0. The van der Waals surface area contributed by atoms with Gasteiger partial charge in [-0.15, -0.1) is 0 Å². The molecular weight excluding hydrogens is 424 g/mol. The Morgan fingerprint density at radius 3 is 2.59 bits per heavy atom. The minimum absolute atomic E-state index is 0.0272. The molecule has 0 aromatic carbocycles. The number of nitrogens with one attached hydrogen (secondary N) is 3. The van der Waals surface area contributed by atoms with Crippen LogP contribution in [0.1, 0.15) is 63.5 Å². The number of aromatic nitrogens is 3. The Balaban J connectivity index is 1.33. The molecule has 2 aliphatic carbocycles. The standard InChI is InChI=1S/C27H42N6O/c1-18-8-9-29-23(13-18)25(20-6-7-20)30-26(34)22-15-19(17-33-12-11-32(3)27(33)28)14-21(16-22)24-5-4-10-31(24)2/h4-5,10-12,18-23,25,28-29H,6-9,13-17H2,1-3H3,(H,30,34). The third kappa shape index (κ3) is 5.04. The molecule has 3 fully saturated rings. The lowest BCUT2D eigenvalue weighted by atomic mass is 9.73. The molecule has 3 aliphatic rings. The van der Waals surface area contributed by atoms with Crippen LogP contribution in [0.4, 0.5) is 0 Å². The Bertz CT molecular complexity index is 1050. The zero-order chi connectivity index (χ0) is 23.8. The van der Waals surface area contributed by atoms with Crippen molar-refractivity contribution in [1.29, 1.82) is 5.41 Å². The summed E-state index contributed by atoms with van der Waals surface area (Å²) < 4.78 is 6.10. The molecule has 0 spiro atoms. The van der Waals surface area contributed by atoms with Crippen LogP contribution in [0.15, 0.2) is 30.7 Å². The lowest BCUT2D eigenvalue weighted by Crippen LogP contribution is -2.55. The lowest BCUT2D eigenvalue weighted by Gasteiger charge is -2.38. The number of carbonyl (C=O) groups excluding carboxylic acids is 1. The van der Waals surface area contributed by atoms with Gasteiger partial charge in [-0.25, -0.2) is 0 Å². The predicted octanol–water partition coefficient (Wildman–Crippen LogP) is 3.13. The summed E-state index contributed by atoms with van der Waals surface area (Å²) in [5.41, 5.74) is 1.85. The number of piperidine rings is 1. The Morgan fingerprint density at radius 1 is 1.12 bits per heavy atom. The molecule has 1 saturated heterocycles. The van der Waals surface area contributed by atoms with Crippen molar-refractivity contribution in [3.63, 3.8) is 0 Å². The van der Waals surface area contributed by atoms with Crippen molar-refractivity contribution in [3.05, 3.63) is 42.0 Å². The molecule has 5 rings (SSSR count). The highest BCUT2D eigenvalue weighted by atomic mass is 16.2. The van der Waals surface area contributed by atoms with Gasteiger partial charge in [0.15, 0.2) is 0 Å². The maximum Gasteiger partial charge on any atom is 0.223 e. The molecule has 2 saturated carbocycles. The van der Waals surface area contributed by atoms with Gasteiger partial charge in [0.25, 0.3) is 0 Å². The highest BCUT2D eigenvalue weighted by molar-refractivity contribution is 5.79. The Kier molecular flexibility index (Phi) is 6.74. The van der Waals surface area contributed by atoms with E-state index in [2.05, 4.69) is 47.5 Å². The van der Waals surface area contributed by atoms with E-state index in [4.69, 9.17) is 5.41 Å². The van der Waals surface area contributed by atoms with Gasteiger partial charge < -0.3 is 24.3 Å². The van der Waals surface area contributed by atoms with Crippen molar-refractivity contribution in [2.24, 2.45) is 37.8 Å². The molecule has 1 amide bonds. The number of amides is 1. The van der Waals surface area contributed by atoms with Gasteiger partial charge in [0, 0.05) is 68.8 Å². The van der Waals surface area contributed by atoms with Gasteiger partial charge in [-0.1, -0.05) is 6.92 Å². The fourth-order valence-corrected chi connectivity index (χ4v) is 6.60. The monoisotopic (exact) mass is 466 g/mol. The van der Waals surface area contributed by atoms with Gasteiger partial charge in [0.1, 0.15) is 0 Å². The predicted molar refractivity (Wildman–Crippen MR) is 133 cm³/mol. The third-order valence-electron chi connectivity index (χ3n) is 8.68. The zero-order valence-corrected chi connectivity index (χ0v) is 21.0. The minimum Gasteiger partial charge on any atom is -0.354 e. The van der Waals surface area contributed by atoms with Gasteiger partial charge in [-0.2, -0.15) is 0 Å². The van der Waals surface area contributed by atoms with E-state index in [-0.39, 0.29) is 17.9 Å². The number of aryl methyl sites for hydroxylation is 2. The van der Waals surface area contributed by atoms with Gasteiger partial charge in [-0.3, -0.25) is 10.2 Å². The molecular formula is C27H42N6O. The van der Waals surface area contributed by atoms with E-state index in [0.717, 1.165) is 44.7 Å². The second kappa shape index (κ2) is 9.76. The fraction of sp³-hybridized carbons (Fsp3) is 0.704. The smallest absolute Gasteiger partial charge is 0.223 e. The van der Waals surface area contributed by atoms with E-state index in [0.29, 0.717) is 29.4 Å². The Labute approximate surface area is 203 Å². The van der Waals surface area contributed by atoms with Crippen molar-refractivity contribution in [2.45, 2.75) is 76.4 Å². The average molecular weight is 467 g/mol. The quantitative estimate of drug-likeness (QED) is 0.586. The van der Waals surface area contributed by atoms with Crippen LogP contribution in [0.2, 0.25) is 0 Å². The van der Waals surface area contributed by atoms with Crippen LogP contribution in [-0.2, 0) is 25.4 Å². The Morgan fingerprint density at radius 2 is 1.94 bits per heavy atom. The van der Waals surface area contributed by atoms with Gasteiger partial charge in [0.05, 0.1) is 0 Å². The molecule has 0 bridgehead atoms. The summed E-state index contributed by atoms with van der Waals surface area (Å²) in [5.74, 6) is 2.41. The van der Waals surface area contributed by atoms with Crippen molar-refractivity contribution in [2.75, 3.05) is 6.54 Å². The van der Waals surface area contributed by atoms with E-state index >= 15 is 0 Å². The normalized spacial score (nSPS) is 30.7. The second-order valence-electron chi connectivity index (χ2n) is 11.5. The molecule has 1 aliphatic heterocycles. The molecule has 34 heavy (non-hydrogen) atoms. The molecule has 3 N–H and O–H groups in total. The van der Waals surface area contributed by atoms with Crippen LogP contribution in [-0.4, -0.2) is 38.2 Å². The molecule has 186 valence electrons. The summed E-state index contributed by atoms with van der Waals surface area (Å²) in [7, 11) is 4.03. The first kappa shape index (κ1) is 23.5. The van der Waals surface area contributed by atoms with Crippen LogP contribution in [0.25, 0.3) is 0 Å². The van der Waals surface area contributed by atoms with Crippen LogP contribution in [0, 0.1) is 29.1 Å². The van der Waals surface area contributed by atoms with E-state index in [1.807, 2.05) is 28.6 Å². The molecule has 7 nitrogen and oxygen atoms in total. The fourth-order valence-electron chi connectivity index (χ4n) is 6.60. The summed E-state index contributed by atoms with van der Waals surface area (Å²) in [6, 6.07) is 5.01. The summed E-state index contributed by atoms with van der Waals surface area (Å²) >= 11 is 0. The highest BCUT2D eigenvalue weighted by Gasteiger charge is 2.41. The molecule has 0 radical (unpaired) electrons. The van der Waals surface area contributed by atoms with E-state index < -0.39 is 0 Å². The minimum atomic E-state index is 0.0272. The summed E-state index contributed by atoms with van der Waals surface area (Å²) in [6.45, 7) is 4.21. The molecule has 6 atom stereocenters. The van der Waals surface area contributed by atoms with Crippen molar-refractivity contribution in [1.82, 2.24) is 24.3 Å². The van der Waals surface area contributed by atoms with Gasteiger partial charge in [-0.05, 0) is 81.4 Å². The first-order valence-electron chi connectivity index (χ1n) is 13.3. The molecule has 3 heterocycles. The van der Waals surface area contributed by atoms with E-state index in [1.165, 1.54) is 25.0 Å². The third-order valence-corrected chi connectivity index (χ3v) is 8.68. The molecule has 2 aromatic heterocycles. The van der Waals surface area contributed by atoms with Crippen LogP contribution < -0.4 is 16.3 Å². The van der Waals surface area contributed by atoms with Crippen molar-refractivity contribution < 1.29 is 4.79 Å². The number of carbonyl (C=O) groups is 1. The maximum atomic E-state index is 13.7. The molecule has 2 aromatic rings. The van der Waals surface area contributed by atoms with Crippen molar-refractivity contribution >= 4 is 5.91 Å². The SMILES string of the molecule is CC1CCNC(C(NC(=O)C2CC(Cn3ccn(C)c3=N)CC(c3cccn3C)C2)C2CC2)C1. The first-order chi connectivity index (χ1) is 16.4. The molecule has 6 unspecified atom stereocenters. The number of nitrogens with zero attached hydrogens (tertiary/aromatic N) is 3. The van der Waals surface area contributed by atoms with Crippen LogP contribution >= 0.6 is 0 Å². The van der Waals surface area contributed by atoms with Gasteiger partial charge in [0.2, 0.25) is 11.5 Å². The summed E-state index contributed by atoms with van der Waals surface area (Å²) in [4.78, 5) is 13.7. The highest BCUT2D eigenvalue weighted by Crippen LogP contribution is 2.41. The number of rotatable bonds is 7. The molecule has 7 heteroatoms. The average Bonchev–Trinajstić information content (AvgIpc) is 3.50. The number of hydrogen-bond acceptors (Lipinski definition) is 3. The van der Waals surface area contributed by atoms with Crippen LogP contribution in [0.3, 0.4) is 0 Å². The van der Waals surface area contributed by atoms with E-state index in [1.54, 1.807) is 0 Å². The Hall–Kier alpha value is -2.28. The first-order valence-corrected chi connectivity index (χ1v) is 13.3. The second-order valence-corrected chi connectivity index (χ2v) is 11.5. The van der Waals surface area contributed by atoms with Crippen molar-refractivity contribution in [3.8, 4) is 0 Å². The lowest BCUT2D eigenvalue weighted by molar-refractivity contribution is -0.128. The summed E-state index contributed by atoms with van der Waals surface area (Å²) in [6.07, 6.45) is 13.8. The maximum absolute atomic E-state index is 13.7. The number of hydrogen-bond donors (Lipinski definition) is 3. The largest absolute Gasteiger partial charge is 0.354 e.